The fraction of sp³-hybridized carbons (Fsp3) is 0.269. The Bertz CT molecular complexity index is 1570. The number of pyridine rings is 1. The van der Waals surface area contributed by atoms with Crippen molar-refractivity contribution < 1.29 is 18.6 Å². The maximum Gasteiger partial charge on any atom is 0.254 e. The normalized spacial score (nSPS) is 11.6. The molecule has 37 heavy (non-hydrogen) atoms. The van der Waals surface area contributed by atoms with Gasteiger partial charge in [-0.3, -0.25) is 14.3 Å². The monoisotopic (exact) mass is 527 g/mol. The first kappa shape index (κ1) is 26.3. The molecule has 3 heterocycles. The van der Waals surface area contributed by atoms with E-state index in [1.54, 1.807) is 13.8 Å². The van der Waals surface area contributed by atoms with Crippen LogP contribution in [-0.4, -0.2) is 29.6 Å². The molecule has 4 aromatic rings. The van der Waals surface area contributed by atoms with Gasteiger partial charge in [-0.05, 0) is 57.0 Å². The summed E-state index contributed by atoms with van der Waals surface area (Å²) in [5.41, 5.74) is -0.240. The number of hydrogen-bond donors (Lipinski definition) is 1. The third kappa shape index (κ3) is 5.35. The van der Waals surface area contributed by atoms with Gasteiger partial charge in [-0.15, -0.1) is 0 Å². The Labute approximate surface area is 216 Å². The summed E-state index contributed by atoms with van der Waals surface area (Å²) < 4.78 is 36.5. The van der Waals surface area contributed by atoms with Crippen LogP contribution in [0.3, 0.4) is 0 Å². The number of aliphatic hydroxyl groups is 1. The molecule has 3 aromatic heterocycles. The molecule has 0 spiro atoms. The van der Waals surface area contributed by atoms with Crippen molar-refractivity contribution in [1.82, 2.24) is 24.5 Å². The van der Waals surface area contributed by atoms with E-state index in [2.05, 4.69) is 19.9 Å². The lowest BCUT2D eigenvalue weighted by Crippen LogP contribution is -2.22. The second-order valence-electron chi connectivity index (χ2n) is 9.11. The zero-order valence-electron chi connectivity index (χ0n) is 20.8. The molecule has 0 aliphatic carbocycles. The predicted molar refractivity (Wildman–Crippen MR) is 134 cm³/mol. The van der Waals surface area contributed by atoms with E-state index in [0.29, 0.717) is 11.1 Å². The second kappa shape index (κ2) is 9.95. The topological polar surface area (TPSA) is 103 Å². The standard InChI is InChI=1S/C26H24ClF2N5O3/c1-13-8-15(28)18(31-11-13)12-37-19-9-14(2)21(23(29)22(19)27)24-32-17(10-20(35)34(24)5)16-6-7-30-25(33-16)26(3,4)36/h6-11,36H,12H2,1-5H3. The van der Waals surface area contributed by atoms with Crippen LogP contribution in [0.4, 0.5) is 8.78 Å². The van der Waals surface area contributed by atoms with Crippen LogP contribution in [-0.2, 0) is 19.3 Å². The minimum absolute atomic E-state index is 0.00444. The molecule has 0 radical (unpaired) electrons. The molecule has 8 nitrogen and oxygen atoms in total. The minimum Gasteiger partial charge on any atom is -0.485 e. The lowest BCUT2D eigenvalue weighted by atomic mass is 10.1. The van der Waals surface area contributed by atoms with Crippen LogP contribution in [0.15, 0.2) is 41.5 Å². The van der Waals surface area contributed by atoms with Gasteiger partial charge < -0.3 is 9.84 Å². The van der Waals surface area contributed by atoms with Crippen LogP contribution < -0.4 is 10.3 Å². The van der Waals surface area contributed by atoms with E-state index in [0.717, 1.165) is 0 Å². The van der Waals surface area contributed by atoms with Crippen molar-refractivity contribution >= 4 is 11.6 Å². The minimum atomic E-state index is -1.32. The molecule has 0 saturated heterocycles. The number of ether oxygens (including phenoxy) is 1. The summed E-state index contributed by atoms with van der Waals surface area (Å²) in [5, 5.41) is 9.90. The van der Waals surface area contributed by atoms with Gasteiger partial charge in [0, 0.05) is 25.5 Å². The summed E-state index contributed by atoms with van der Waals surface area (Å²) in [4.78, 5) is 29.7. The highest BCUT2D eigenvalue weighted by atomic mass is 35.5. The maximum absolute atomic E-state index is 15.6. The second-order valence-corrected chi connectivity index (χ2v) is 9.49. The van der Waals surface area contributed by atoms with Gasteiger partial charge >= 0.3 is 0 Å². The first-order valence-corrected chi connectivity index (χ1v) is 11.6. The van der Waals surface area contributed by atoms with Gasteiger partial charge in [0.2, 0.25) is 0 Å². The van der Waals surface area contributed by atoms with Crippen LogP contribution >= 0.6 is 11.6 Å². The highest BCUT2D eigenvalue weighted by molar-refractivity contribution is 6.32. The van der Waals surface area contributed by atoms with Crippen molar-refractivity contribution in [3.05, 3.63) is 86.3 Å². The van der Waals surface area contributed by atoms with E-state index in [1.165, 1.54) is 62.1 Å². The fourth-order valence-corrected chi connectivity index (χ4v) is 3.81. The molecule has 0 amide bonds. The molecule has 0 aliphatic rings. The molecule has 0 atom stereocenters. The molecule has 0 saturated carbocycles. The van der Waals surface area contributed by atoms with E-state index < -0.39 is 22.8 Å². The SMILES string of the molecule is Cc1cnc(COc2cc(C)c(-c3nc(-c4ccnc(C(C)(C)O)n4)cc(=O)n3C)c(F)c2Cl)c(F)c1. The number of aryl methyl sites for hydroxylation is 2. The van der Waals surface area contributed by atoms with Crippen molar-refractivity contribution in [3.8, 4) is 28.5 Å². The van der Waals surface area contributed by atoms with Crippen molar-refractivity contribution in [1.29, 1.82) is 0 Å². The molecule has 0 bridgehead atoms. The summed E-state index contributed by atoms with van der Waals surface area (Å²) in [5.74, 6) is -1.25. The first-order chi connectivity index (χ1) is 17.4. The van der Waals surface area contributed by atoms with Gasteiger partial charge in [-0.2, -0.15) is 0 Å². The summed E-state index contributed by atoms with van der Waals surface area (Å²) in [7, 11) is 1.46. The van der Waals surface area contributed by atoms with Gasteiger partial charge in [0.1, 0.15) is 40.3 Å². The quantitative estimate of drug-likeness (QED) is 0.389. The Hall–Kier alpha value is -3.76. The zero-order valence-corrected chi connectivity index (χ0v) is 21.6. The summed E-state index contributed by atoms with van der Waals surface area (Å²) >= 11 is 6.29. The average molecular weight is 528 g/mol. The highest BCUT2D eigenvalue weighted by Crippen LogP contribution is 2.37. The van der Waals surface area contributed by atoms with Crippen LogP contribution in [0.2, 0.25) is 5.02 Å². The van der Waals surface area contributed by atoms with Gasteiger partial charge in [-0.1, -0.05) is 11.6 Å². The van der Waals surface area contributed by atoms with E-state index in [-0.39, 0.29) is 51.7 Å². The summed E-state index contributed by atoms with van der Waals surface area (Å²) in [6, 6.07) is 5.61. The molecule has 1 aromatic carbocycles. The Balaban J connectivity index is 1.76. The average Bonchev–Trinajstić information content (AvgIpc) is 2.83. The molecule has 4 rings (SSSR count). The molecular weight excluding hydrogens is 504 g/mol. The molecule has 192 valence electrons. The van der Waals surface area contributed by atoms with Crippen LogP contribution in [0.25, 0.3) is 22.8 Å². The number of nitrogens with zero attached hydrogens (tertiary/aromatic N) is 5. The van der Waals surface area contributed by atoms with Crippen molar-refractivity contribution in [2.24, 2.45) is 7.05 Å². The van der Waals surface area contributed by atoms with Crippen LogP contribution in [0.1, 0.15) is 36.5 Å². The van der Waals surface area contributed by atoms with Crippen molar-refractivity contribution in [3.63, 3.8) is 0 Å². The van der Waals surface area contributed by atoms with E-state index >= 15 is 4.39 Å². The lowest BCUT2D eigenvalue weighted by Gasteiger charge is -2.17. The van der Waals surface area contributed by atoms with Gasteiger partial charge in [0.05, 0.1) is 17.0 Å². The van der Waals surface area contributed by atoms with Gasteiger partial charge in [0.25, 0.3) is 5.56 Å². The van der Waals surface area contributed by atoms with Crippen molar-refractivity contribution in [2.45, 2.75) is 39.9 Å². The van der Waals surface area contributed by atoms with Crippen LogP contribution in [0, 0.1) is 25.5 Å². The van der Waals surface area contributed by atoms with E-state index in [1.807, 2.05) is 0 Å². The third-order valence-corrected chi connectivity index (χ3v) is 5.96. The van der Waals surface area contributed by atoms with Gasteiger partial charge in [-0.25, -0.2) is 23.7 Å². The van der Waals surface area contributed by atoms with E-state index in [9.17, 15) is 14.3 Å². The molecular formula is C26H24ClF2N5O3. The largest absolute Gasteiger partial charge is 0.485 e. The number of rotatable bonds is 6. The van der Waals surface area contributed by atoms with Crippen LogP contribution in [0.5, 0.6) is 5.75 Å². The summed E-state index contributed by atoms with van der Waals surface area (Å²) in [6.45, 7) is 6.13. The highest BCUT2D eigenvalue weighted by Gasteiger charge is 2.24. The smallest absolute Gasteiger partial charge is 0.254 e. The molecule has 0 aliphatic heterocycles. The molecule has 11 heteroatoms. The predicted octanol–water partition coefficient (Wildman–Crippen LogP) is 4.65. The van der Waals surface area contributed by atoms with E-state index in [4.69, 9.17) is 16.3 Å². The third-order valence-electron chi connectivity index (χ3n) is 5.61. The Morgan fingerprint density at radius 1 is 1.11 bits per heavy atom. The summed E-state index contributed by atoms with van der Waals surface area (Å²) in [6.07, 6.45) is 2.94. The zero-order chi connectivity index (χ0) is 27.1. The molecule has 0 unspecified atom stereocenters. The fourth-order valence-electron chi connectivity index (χ4n) is 3.61. The first-order valence-electron chi connectivity index (χ1n) is 11.2. The Morgan fingerprint density at radius 3 is 2.51 bits per heavy atom. The Kier molecular flexibility index (Phi) is 7.07. The lowest BCUT2D eigenvalue weighted by molar-refractivity contribution is 0.0688. The maximum atomic E-state index is 15.6. The molecule has 0 fully saturated rings. The van der Waals surface area contributed by atoms with Crippen molar-refractivity contribution in [2.75, 3.05) is 0 Å². The number of hydrogen-bond acceptors (Lipinski definition) is 7. The number of halogens is 3. The number of benzene rings is 1. The Morgan fingerprint density at radius 2 is 1.84 bits per heavy atom. The number of aromatic nitrogens is 5. The van der Waals surface area contributed by atoms with Gasteiger partial charge in [0.15, 0.2) is 11.6 Å². The molecule has 1 N–H and O–H groups in total.